The minimum Gasteiger partial charge on any atom is -0.326 e. The summed E-state index contributed by atoms with van der Waals surface area (Å²) in [4.78, 5) is 28.9. The molecular weight excluding hydrogens is 381 g/mol. The first-order valence-electron chi connectivity index (χ1n) is 8.31. The number of amidine groups is 1. The summed E-state index contributed by atoms with van der Waals surface area (Å²) in [5.74, 6) is -0.427. The molecule has 1 aliphatic carbocycles. The van der Waals surface area contributed by atoms with Gasteiger partial charge in [0, 0.05) is 22.2 Å². The van der Waals surface area contributed by atoms with Crippen LogP contribution in [0.5, 0.6) is 0 Å². The number of hydrogen-bond donors (Lipinski definition) is 2. The van der Waals surface area contributed by atoms with Crippen LogP contribution in [0.2, 0.25) is 10.0 Å². The number of carbonyl (C=O) groups is 2. The van der Waals surface area contributed by atoms with E-state index in [4.69, 9.17) is 23.2 Å². The molecule has 2 fully saturated rings. The highest BCUT2D eigenvalue weighted by atomic mass is 35.5. The Balaban J connectivity index is 1.56. The van der Waals surface area contributed by atoms with E-state index in [-0.39, 0.29) is 24.3 Å². The summed E-state index contributed by atoms with van der Waals surface area (Å²) in [6.07, 6.45) is 5.85. The van der Waals surface area contributed by atoms with Crippen LogP contribution in [0.4, 0.5) is 5.69 Å². The number of halogens is 2. The van der Waals surface area contributed by atoms with E-state index in [2.05, 4.69) is 15.6 Å². The Morgan fingerprint density at radius 2 is 1.88 bits per heavy atom. The van der Waals surface area contributed by atoms with Crippen molar-refractivity contribution in [3.05, 3.63) is 28.2 Å². The van der Waals surface area contributed by atoms with Gasteiger partial charge in [0.2, 0.25) is 11.8 Å². The Bertz CT molecular complexity index is 685. The Morgan fingerprint density at radius 1 is 1.20 bits per heavy atom. The standard InChI is InChI=1S/C17H19Cl2N3O2S/c18-10-6-11(19)8-13(7-10)20-15(23)9-14-16(24)22-17(25-14)21-12-4-2-1-3-5-12/h6-8,12,14H,1-5,9H2,(H,20,23)(H,21,22,24)/t14-/m1/s1. The summed E-state index contributed by atoms with van der Waals surface area (Å²) in [6, 6.07) is 5.11. The SMILES string of the molecule is O=C(C[C@H]1SC(=NC2CCCCC2)NC1=O)Nc1cc(Cl)cc(Cl)c1. The van der Waals surface area contributed by atoms with Gasteiger partial charge in [-0.15, -0.1) is 0 Å². The molecule has 5 nitrogen and oxygen atoms in total. The largest absolute Gasteiger partial charge is 0.326 e. The number of benzene rings is 1. The van der Waals surface area contributed by atoms with E-state index in [9.17, 15) is 9.59 Å². The van der Waals surface area contributed by atoms with Gasteiger partial charge in [0.15, 0.2) is 5.17 Å². The molecule has 134 valence electrons. The fourth-order valence-corrected chi connectivity index (χ4v) is 4.55. The predicted octanol–water partition coefficient (Wildman–Crippen LogP) is 4.24. The Labute approximate surface area is 160 Å². The van der Waals surface area contributed by atoms with Gasteiger partial charge in [0.05, 0.1) is 6.04 Å². The second-order valence-corrected chi connectivity index (χ2v) is 8.30. The maximum atomic E-state index is 12.2. The highest BCUT2D eigenvalue weighted by Crippen LogP contribution is 2.27. The van der Waals surface area contributed by atoms with Crippen LogP contribution in [-0.4, -0.2) is 28.3 Å². The fraction of sp³-hybridized carbons (Fsp3) is 0.471. The number of thioether (sulfide) groups is 1. The van der Waals surface area contributed by atoms with Gasteiger partial charge < -0.3 is 10.6 Å². The van der Waals surface area contributed by atoms with E-state index in [0.717, 1.165) is 12.8 Å². The van der Waals surface area contributed by atoms with Gasteiger partial charge in [-0.3, -0.25) is 14.6 Å². The summed E-state index contributed by atoms with van der Waals surface area (Å²) in [6.45, 7) is 0. The molecule has 8 heteroatoms. The Hall–Kier alpha value is -1.24. The predicted molar refractivity (Wildman–Crippen MR) is 104 cm³/mol. The summed E-state index contributed by atoms with van der Waals surface area (Å²) < 4.78 is 0. The third-order valence-electron chi connectivity index (χ3n) is 4.17. The molecular formula is C17H19Cl2N3O2S. The topological polar surface area (TPSA) is 70.6 Å². The molecule has 1 saturated heterocycles. The molecule has 0 radical (unpaired) electrons. The van der Waals surface area contributed by atoms with Gasteiger partial charge in [-0.05, 0) is 31.0 Å². The zero-order valence-electron chi connectivity index (χ0n) is 13.6. The maximum absolute atomic E-state index is 12.2. The number of nitrogens with zero attached hydrogens (tertiary/aromatic N) is 1. The molecule has 1 heterocycles. The molecule has 25 heavy (non-hydrogen) atoms. The number of aliphatic imine (C=N–C) groups is 1. The molecule has 0 bridgehead atoms. The van der Waals surface area contributed by atoms with Crippen molar-refractivity contribution in [2.24, 2.45) is 4.99 Å². The summed E-state index contributed by atoms with van der Waals surface area (Å²) in [5.41, 5.74) is 0.516. The van der Waals surface area contributed by atoms with Gasteiger partial charge in [0.25, 0.3) is 0 Å². The number of hydrogen-bond acceptors (Lipinski definition) is 4. The van der Waals surface area contributed by atoms with Crippen LogP contribution in [0.1, 0.15) is 38.5 Å². The fourth-order valence-electron chi connectivity index (χ4n) is 2.98. The molecule has 2 N–H and O–H groups in total. The quantitative estimate of drug-likeness (QED) is 0.794. The number of nitrogens with one attached hydrogen (secondary N) is 2. The summed E-state index contributed by atoms with van der Waals surface area (Å²) in [7, 11) is 0. The lowest BCUT2D eigenvalue weighted by Gasteiger charge is -2.17. The van der Waals surface area contributed by atoms with Crippen molar-refractivity contribution in [1.82, 2.24) is 5.32 Å². The van der Waals surface area contributed by atoms with Crippen LogP contribution < -0.4 is 10.6 Å². The molecule has 2 aliphatic rings. The van der Waals surface area contributed by atoms with Crippen LogP contribution in [0, 0.1) is 0 Å². The Morgan fingerprint density at radius 3 is 2.56 bits per heavy atom. The van der Waals surface area contributed by atoms with E-state index in [0.29, 0.717) is 20.9 Å². The highest BCUT2D eigenvalue weighted by Gasteiger charge is 2.32. The Kier molecular flexibility index (Phi) is 6.25. The molecule has 1 atom stereocenters. The van der Waals surface area contributed by atoms with Crippen molar-refractivity contribution >= 4 is 57.6 Å². The number of anilines is 1. The van der Waals surface area contributed by atoms with Gasteiger partial charge in [-0.1, -0.05) is 54.2 Å². The molecule has 0 spiro atoms. The van der Waals surface area contributed by atoms with Crippen LogP contribution >= 0.6 is 35.0 Å². The summed E-state index contributed by atoms with van der Waals surface area (Å²) >= 11 is 13.2. The minimum atomic E-state index is -0.461. The first kappa shape index (κ1) is 18.5. The van der Waals surface area contributed by atoms with Crippen molar-refractivity contribution in [2.45, 2.75) is 49.8 Å². The van der Waals surface area contributed by atoms with Crippen molar-refractivity contribution in [1.29, 1.82) is 0 Å². The van der Waals surface area contributed by atoms with Gasteiger partial charge >= 0.3 is 0 Å². The molecule has 1 saturated carbocycles. The van der Waals surface area contributed by atoms with E-state index >= 15 is 0 Å². The lowest BCUT2D eigenvalue weighted by Crippen LogP contribution is -2.28. The zero-order valence-corrected chi connectivity index (χ0v) is 15.9. The van der Waals surface area contributed by atoms with Crippen LogP contribution in [0.3, 0.4) is 0 Å². The van der Waals surface area contributed by atoms with Crippen LogP contribution in [-0.2, 0) is 9.59 Å². The average molecular weight is 400 g/mol. The number of rotatable bonds is 4. The van der Waals surface area contributed by atoms with E-state index in [1.807, 2.05) is 0 Å². The normalized spacial score (nSPS) is 22.9. The van der Waals surface area contributed by atoms with Crippen molar-refractivity contribution in [3.63, 3.8) is 0 Å². The molecule has 1 aliphatic heterocycles. The third-order valence-corrected chi connectivity index (χ3v) is 5.70. The van der Waals surface area contributed by atoms with E-state index in [1.165, 1.54) is 31.0 Å². The zero-order chi connectivity index (χ0) is 17.8. The van der Waals surface area contributed by atoms with E-state index < -0.39 is 5.25 Å². The van der Waals surface area contributed by atoms with Crippen LogP contribution in [0.25, 0.3) is 0 Å². The monoisotopic (exact) mass is 399 g/mol. The summed E-state index contributed by atoms with van der Waals surface area (Å²) in [5, 5.41) is 6.58. The number of carbonyl (C=O) groups excluding carboxylic acids is 2. The third kappa shape index (κ3) is 5.36. The first-order valence-corrected chi connectivity index (χ1v) is 9.94. The smallest absolute Gasteiger partial charge is 0.240 e. The van der Waals surface area contributed by atoms with Gasteiger partial charge in [-0.25, -0.2) is 0 Å². The molecule has 0 unspecified atom stereocenters. The lowest BCUT2D eigenvalue weighted by molar-refractivity contribution is -0.122. The molecule has 2 amide bonds. The van der Waals surface area contributed by atoms with E-state index in [1.54, 1.807) is 18.2 Å². The van der Waals surface area contributed by atoms with Crippen molar-refractivity contribution in [3.8, 4) is 0 Å². The van der Waals surface area contributed by atoms with Gasteiger partial charge in [0.1, 0.15) is 5.25 Å². The lowest BCUT2D eigenvalue weighted by atomic mass is 9.96. The van der Waals surface area contributed by atoms with Crippen LogP contribution in [0.15, 0.2) is 23.2 Å². The molecule has 0 aromatic heterocycles. The highest BCUT2D eigenvalue weighted by molar-refractivity contribution is 8.15. The molecule has 3 rings (SSSR count). The second kappa shape index (κ2) is 8.43. The molecule has 1 aromatic rings. The van der Waals surface area contributed by atoms with Crippen molar-refractivity contribution < 1.29 is 9.59 Å². The van der Waals surface area contributed by atoms with Crippen molar-refractivity contribution in [2.75, 3.05) is 5.32 Å². The second-order valence-electron chi connectivity index (χ2n) is 6.23. The van der Waals surface area contributed by atoms with Gasteiger partial charge in [-0.2, -0.15) is 0 Å². The minimum absolute atomic E-state index is 0.0737. The first-order chi connectivity index (χ1) is 12.0. The number of amides is 2. The maximum Gasteiger partial charge on any atom is 0.240 e. The average Bonchev–Trinajstić information content (AvgIpc) is 2.86. The molecule has 1 aromatic carbocycles.